The van der Waals surface area contributed by atoms with E-state index in [0.29, 0.717) is 6.54 Å². The number of amides is 1. The Kier molecular flexibility index (Phi) is 2.97. The zero-order valence-electron chi connectivity index (χ0n) is 9.62. The fraction of sp³-hybridized carbons (Fsp3) is 0.462. The van der Waals surface area contributed by atoms with Crippen LogP contribution in [0.25, 0.3) is 0 Å². The summed E-state index contributed by atoms with van der Waals surface area (Å²) < 4.78 is 0. The van der Waals surface area contributed by atoms with E-state index in [1.807, 2.05) is 31.2 Å². The van der Waals surface area contributed by atoms with Gasteiger partial charge in [-0.05, 0) is 37.8 Å². The Bertz CT molecular complexity index is 397. The molecule has 0 radical (unpaired) electrons. The van der Waals surface area contributed by atoms with Crippen LogP contribution in [0.2, 0.25) is 0 Å². The number of carbonyl (C=O) groups is 1. The fourth-order valence-corrected chi connectivity index (χ4v) is 1.87. The van der Waals surface area contributed by atoms with Crippen molar-refractivity contribution < 1.29 is 4.79 Å². The molecule has 0 spiro atoms. The molecule has 0 unspecified atom stereocenters. The van der Waals surface area contributed by atoms with E-state index in [1.165, 1.54) is 0 Å². The molecule has 3 nitrogen and oxygen atoms in total. The van der Waals surface area contributed by atoms with Gasteiger partial charge < -0.3 is 11.1 Å². The monoisotopic (exact) mass is 218 g/mol. The van der Waals surface area contributed by atoms with Crippen LogP contribution in [0.3, 0.4) is 0 Å². The summed E-state index contributed by atoms with van der Waals surface area (Å²) in [6, 6.07) is 7.72. The van der Waals surface area contributed by atoms with E-state index in [9.17, 15) is 4.79 Å². The summed E-state index contributed by atoms with van der Waals surface area (Å²) >= 11 is 0. The second-order valence-electron chi connectivity index (χ2n) is 4.56. The predicted octanol–water partition coefficient (Wildman–Crippen LogP) is 1.47. The van der Waals surface area contributed by atoms with Gasteiger partial charge >= 0.3 is 0 Å². The third-order valence-electron chi connectivity index (χ3n) is 3.03. The second kappa shape index (κ2) is 4.26. The maximum absolute atomic E-state index is 11.8. The minimum absolute atomic E-state index is 0.00218. The third kappa shape index (κ3) is 2.42. The minimum atomic E-state index is -0.0530. The summed E-state index contributed by atoms with van der Waals surface area (Å²) in [6.07, 6.45) is 2.94. The van der Waals surface area contributed by atoms with Crippen LogP contribution in [0.15, 0.2) is 24.3 Å². The molecule has 1 fully saturated rings. The average Bonchev–Trinajstić information content (AvgIpc) is 2.97. The molecule has 86 valence electrons. The fourth-order valence-electron chi connectivity index (χ4n) is 1.87. The van der Waals surface area contributed by atoms with Gasteiger partial charge in [-0.15, -0.1) is 0 Å². The number of hydrogen-bond donors (Lipinski definition) is 2. The molecule has 0 saturated heterocycles. The van der Waals surface area contributed by atoms with Crippen molar-refractivity contribution in [3.8, 4) is 0 Å². The minimum Gasteiger partial charge on any atom is -0.352 e. The lowest BCUT2D eigenvalue weighted by Crippen LogP contribution is -2.28. The molecular formula is C13H18N2O. The zero-order valence-corrected chi connectivity index (χ0v) is 9.62. The van der Waals surface area contributed by atoms with Crippen molar-refractivity contribution in [1.29, 1.82) is 0 Å². The molecule has 0 aliphatic heterocycles. The quantitative estimate of drug-likeness (QED) is 0.804. The Morgan fingerprint density at radius 2 is 2.12 bits per heavy atom. The Morgan fingerprint density at radius 3 is 2.75 bits per heavy atom. The van der Waals surface area contributed by atoms with Gasteiger partial charge in [0.2, 0.25) is 0 Å². The van der Waals surface area contributed by atoms with Crippen molar-refractivity contribution in [3.05, 3.63) is 35.4 Å². The molecule has 1 saturated carbocycles. The number of nitrogens with one attached hydrogen (secondary N) is 1. The topological polar surface area (TPSA) is 55.1 Å². The summed E-state index contributed by atoms with van der Waals surface area (Å²) in [4.78, 5) is 11.8. The summed E-state index contributed by atoms with van der Waals surface area (Å²) in [6.45, 7) is 2.58. The van der Waals surface area contributed by atoms with Gasteiger partial charge in [0, 0.05) is 17.6 Å². The molecule has 1 aliphatic rings. The molecule has 0 atom stereocenters. The van der Waals surface area contributed by atoms with Crippen molar-refractivity contribution in [2.24, 2.45) is 5.73 Å². The Morgan fingerprint density at radius 1 is 1.44 bits per heavy atom. The maximum Gasteiger partial charge on any atom is 0.251 e. The summed E-state index contributed by atoms with van der Waals surface area (Å²) in [5.74, 6) is 0.00218. The van der Waals surface area contributed by atoms with Crippen LogP contribution in [0.1, 0.15) is 35.7 Å². The number of hydrogen-bond acceptors (Lipinski definition) is 2. The van der Waals surface area contributed by atoms with Gasteiger partial charge in [0.15, 0.2) is 0 Å². The Hall–Kier alpha value is -1.35. The zero-order chi connectivity index (χ0) is 11.6. The lowest BCUT2D eigenvalue weighted by atomic mass is 9.99. The van der Waals surface area contributed by atoms with Crippen LogP contribution in [0.4, 0.5) is 0 Å². The lowest BCUT2D eigenvalue weighted by Gasteiger charge is -2.12. The molecule has 0 heterocycles. The normalized spacial score (nSPS) is 16.9. The smallest absolute Gasteiger partial charge is 0.251 e. The van der Waals surface area contributed by atoms with Gasteiger partial charge in [-0.25, -0.2) is 0 Å². The van der Waals surface area contributed by atoms with Crippen molar-refractivity contribution in [1.82, 2.24) is 5.32 Å². The molecular weight excluding hydrogens is 200 g/mol. The highest BCUT2D eigenvalue weighted by Gasteiger charge is 2.38. The highest BCUT2D eigenvalue weighted by molar-refractivity contribution is 5.95. The molecule has 1 amide bonds. The Labute approximate surface area is 96.0 Å². The molecule has 1 aromatic carbocycles. The highest BCUT2D eigenvalue weighted by atomic mass is 16.1. The first kappa shape index (κ1) is 11.1. The molecule has 0 aromatic heterocycles. The van der Waals surface area contributed by atoms with Gasteiger partial charge in [-0.2, -0.15) is 0 Å². The van der Waals surface area contributed by atoms with E-state index in [-0.39, 0.29) is 11.4 Å². The molecule has 1 aromatic rings. The van der Waals surface area contributed by atoms with E-state index in [1.54, 1.807) is 0 Å². The third-order valence-corrected chi connectivity index (χ3v) is 3.03. The van der Waals surface area contributed by atoms with Crippen molar-refractivity contribution >= 4 is 5.91 Å². The number of nitrogens with two attached hydrogens (primary N) is 1. The molecule has 3 heteroatoms. The molecule has 2 rings (SSSR count). The highest BCUT2D eigenvalue weighted by Crippen LogP contribution is 2.36. The van der Waals surface area contributed by atoms with Crippen LogP contribution >= 0.6 is 0 Å². The number of rotatable bonds is 4. The van der Waals surface area contributed by atoms with Gasteiger partial charge in [0.1, 0.15) is 0 Å². The van der Waals surface area contributed by atoms with Gasteiger partial charge in [-0.1, -0.05) is 18.2 Å². The number of benzene rings is 1. The largest absolute Gasteiger partial charge is 0.352 e. The first-order valence-corrected chi connectivity index (χ1v) is 5.80. The second-order valence-corrected chi connectivity index (χ2v) is 4.56. The van der Waals surface area contributed by atoms with Crippen LogP contribution < -0.4 is 11.1 Å². The van der Waals surface area contributed by atoms with Crippen molar-refractivity contribution in [2.75, 3.05) is 6.54 Å². The standard InChI is InChI=1S/C13H18N2O/c1-2-15-12(16)11-6-4-3-5-10(11)9-13(14)7-8-13/h3-6H,2,7-9,14H2,1H3,(H,15,16). The van der Waals surface area contributed by atoms with Crippen molar-refractivity contribution in [2.45, 2.75) is 31.7 Å². The van der Waals surface area contributed by atoms with Gasteiger partial charge in [-0.3, -0.25) is 4.79 Å². The van der Waals surface area contributed by atoms with Crippen LogP contribution in [0, 0.1) is 0 Å². The first-order valence-electron chi connectivity index (χ1n) is 5.80. The Balaban J connectivity index is 2.19. The van der Waals surface area contributed by atoms with Crippen LogP contribution in [-0.2, 0) is 6.42 Å². The van der Waals surface area contributed by atoms with E-state index in [4.69, 9.17) is 5.73 Å². The van der Waals surface area contributed by atoms with Crippen LogP contribution in [0.5, 0.6) is 0 Å². The number of carbonyl (C=O) groups excluding carboxylic acids is 1. The van der Waals surface area contributed by atoms with E-state index in [2.05, 4.69) is 5.32 Å². The van der Waals surface area contributed by atoms with Gasteiger partial charge in [0.05, 0.1) is 0 Å². The van der Waals surface area contributed by atoms with E-state index in [0.717, 1.165) is 30.4 Å². The van der Waals surface area contributed by atoms with Crippen LogP contribution in [-0.4, -0.2) is 18.0 Å². The van der Waals surface area contributed by atoms with E-state index < -0.39 is 0 Å². The van der Waals surface area contributed by atoms with Gasteiger partial charge in [0.25, 0.3) is 5.91 Å². The average molecular weight is 218 g/mol. The molecule has 1 aliphatic carbocycles. The lowest BCUT2D eigenvalue weighted by molar-refractivity contribution is 0.0955. The summed E-state index contributed by atoms with van der Waals surface area (Å²) in [5.41, 5.74) is 7.87. The molecule has 16 heavy (non-hydrogen) atoms. The van der Waals surface area contributed by atoms with Crippen molar-refractivity contribution in [3.63, 3.8) is 0 Å². The summed E-state index contributed by atoms with van der Waals surface area (Å²) in [5, 5.41) is 2.83. The first-order chi connectivity index (χ1) is 7.64. The maximum atomic E-state index is 11.8. The SMILES string of the molecule is CCNC(=O)c1ccccc1CC1(N)CC1. The molecule has 0 bridgehead atoms. The van der Waals surface area contributed by atoms with E-state index >= 15 is 0 Å². The summed E-state index contributed by atoms with van der Waals surface area (Å²) in [7, 11) is 0. The molecule has 3 N–H and O–H groups in total. The predicted molar refractivity (Wildman–Crippen MR) is 64.3 cm³/mol.